The molecule has 25 heavy (non-hydrogen) atoms. The predicted octanol–water partition coefficient (Wildman–Crippen LogP) is 4.59. The highest BCUT2D eigenvalue weighted by molar-refractivity contribution is 6.30. The van der Waals surface area contributed by atoms with E-state index in [0.29, 0.717) is 11.4 Å². The fraction of sp³-hybridized carbons (Fsp3) is 0.250. The van der Waals surface area contributed by atoms with Crippen molar-refractivity contribution in [1.82, 2.24) is 14.8 Å². The molecule has 0 saturated carbocycles. The summed E-state index contributed by atoms with van der Waals surface area (Å²) in [6.45, 7) is 2.02. The lowest BCUT2D eigenvalue weighted by Crippen LogP contribution is -2.35. The molecule has 0 aliphatic rings. The summed E-state index contributed by atoms with van der Waals surface area (Å²) in [6.07, 6.45) is 4.62. The standard InChI is InChI=1S/C20H19ClN4/c1-16(25-15-23-14-24-25)20(13-22,18-5-3-2-4-6-18)12-11-17-7-9-19(21)10-8-17/h2-10,14-16H,11-12H2,1H3. The summed E-state index contributed by atoms with van der Waals surface area (Å²) in [6, 6.07) is 20.2. The van der Waals surface area contributed by atoms with E-state index in [1.807, 2.05) is 61.5 Å². The van der Waals surface area contributed by atoms with E-state index < -0.39 is 5.41 Å². The first-order chi connectivity index (χ1) is 12.2. The third-order valence-corrected chi connectivity index (χ3v) is 5.01. The van der Waals surface area contributed by atoms with Gasteiger partial charge in [0.1, 0.15) is 18.1 Å². The fourth-order valence-corrected chi connectivity index (χ4v) is 3.31. The first-order valence-corrected chi connectivity index (χ1v) is 8.59. The van der Waals surface area contributed by atoms with Gasteiger partial charge in [-0.25, -0.2) is 9.67 Å². The van der Waals surface area contributed by atoms with Gasteiger partial charge in [-0.1, -0.05) is 54.1 Å². The monoisotopic (exact) mass is 350 g/mol. The van der Waals surface area contributed by atoms with Gasteiger partial charge in [-0.15, -0.1) is 0 Å². The SMILES string of the molecule is CC(n1cncn1)C(C#N)(CCc1ccc(Cl)cc1)c1ccccc1. The highest BCUT2D eigenvalue weighted by Crippen LogP contribution is 2.39. The molecule has 126 valence electrons. The lowest BCUT2D eigenvalue weighted by molar-refractivity contribution is 0.315. The fourth-order valence-electron chi connectivity index (χ4n) is 3.18. The summed E-state index contributed by atoms with van der Waals surface area (Å²) >= 11 is 5.97. The van der Waals surface area contributed by atoms with Crippen molar-refractivity contribution in [2.45, 2.75) is 31.2 Å². The molecule has 0 amide bonds. The molecule has 0 fully saturated rings. The van der Waals surface area contributed by atoms with Crippen LogP contribution < -0.4 is 0 Å². The Labute approximate surface area is 152 Å². The van der Waals surface area contributed by atoms with Crippen LogP contribution in [0.4, 0.5) is 0 Å². The summed E-state index contributed by atoms with van der Waals surface area (Å²) in [4.78, 5) is 4.04. The molecular weight excluding hydrogens is 332 g/mol. The minimum atomic E-state index is -0.700. The number of nitriles is 1. The number of hydrogen-bond acceptors (Lipinski definition) is 3. The summed E-state index contributed by atoms with van der Waals surface area (Å²) in [5.41, 5.74) is 1.45. The Morgan fingerprint density at radius 2 is 1.88 bits per heavy atom. The second-order valence-electron chi connectivity index (χ2n) is 6.13. The molecule has 0 aliphatic carbocycles. The van der Waals surface area contributed by atoms with Crippen LogP contribution in [-0.4, -0.2) is 14.8 Å². The van der Waals surface area contributed by atoms with Gasteiger partial charge >= 0.3 is 0 Å². The number of halogens is 1. The number of aryl methyl sites for hydroxylation is 1. The molecule has 0 bridgehead atoms. The predicted molar refractivity (Wildman–Crippen MR) is 98.2 cm³/mol. The van der Waals surface area contributed by atoms with Gasteiger partial charge in [-0.05, 0) is 43.0 Å². The van der Waals surface area contributed by atoms with Crippen LogP contribution in [0.5, 0.6) is 0 Å². The van der Waals surface area contributed by atoms with Crippen molar-refractivity contribution in [2.75, 3.05) is 0 Å². The smallest absolute Gasteiger partial charge is 0.137 e. The summed E-state index contributed by atoms with van der Waals surface area (Å²) in [5.74, 6) is 0. The van der Waals surface area contributed by atoms with Gasteiger partial charge < -0.3 is 0 Å². The average molecular weight is 351 g/mol. The normalized spacial score (nSPS) is 14.4. The van der Waals surface area contributed by atoms with Crippen molar-refractivity contribution >= 4 is 11.6 Å². The van der Waals surface area contributed by atoms with Crippen LogP contribution >= 0.6 is 11.6 Å². The Morgan fingerprint density at radius 3 is 2.48 bits per heavy atom. The van der Waals surface area contributed by atoms with Crippen molar-refractivity contribution in [3.05, 3.63) is 83.4 Å². The Balaban J connectivity index is 1.96. The Kier molecular flexibility index (Phi) is 5.16. The van der Waals surface area contributed by atoms with Crippen LogP contribution in [0.1, 0.15) is 30.5 Å². The third kappa shape index (κ3) is 3.57. The molecule has 4 nitrogen and oxygen atoms in total. The van der Waals surface area contributed by atoms with Crippen LogP contribution in [0.25, 0.3) is 0 Å². The van der Waals surface area contributed by atoms with Crippen LogP contribution in [0.2, 0.25) is 5.02 Å². The van der Waals surface area contributed by atoms with Gasteiger partial charge in [-0.3, -0.25) is 0 Å². The zero-order valence-electron chi connectivity index (χ0n) is 14.0. The van der Waals surface area contributed by atoms with Gasteiger partial charge in [0.25, 0.3) is 0 Å². The minimum absolute atomic E-state index is 0.144. The van der Waals surface area contributed by atoms with E-state index >= 15 is 0 Å². The molecule has 0 N–H and O–H groups in total. The van der Waals surface area contributed by atoms with Crippen molar-refractivity contribution in [3.8, 4) is 6.07 Å². The Hall–Kier alpha value is -2.64. The Bertz CT molecular complexity index is 838. The van der Waals surface area contributed by atoms with Crippen molar-refractivity contribution in [3.63, 3.8) is 0 Å². The second-order valence-corrected chi connectivity index (χ2v) is 6.56. The van der Waals surface area contributed by atoms with E-state index in [2.05, 4.69) is 16.2 Å². The molecule has 3 aromatic rings. The molecule has 0 aliphatic heterocycles. The average Bonchev–Trinajstić information content (AvgIpc) is 3.19. The zero-order chi connectivity index (χ0) is 17.7. The highest BCUT2D eigenvalue weighted by atomic mass is 35.5. The maximum absolute atomic E-state index is 10.2. The molecular formula is C20H19ClN4. The number of benzene rings is 2. The van der Waals surface area contributed by atoms with Crippen molar-refractivity contribution in [1.29, 1.82) is 5.26 Å². The topological polar surface area (TPSA) is 54.5 Å². The summed E-state index contributed by atoms with van der Waals surface area (Å²) in [5, 5.41) is 15.2. The molecule has 1 aromatic heterocycles. The molecule has 2 atom stereocenters. The molecule has 0 radical (unpaired) electrons. The van der Waals surface area contributed by atoms with Crippen molar-refractivity contribution in [2.24, 2.45) is 0 Å². The van der Waals surface area contributed by atoms with Crippen LogP contribution in [0.15, 0.2) is 67.3 Å². The number of nitrogens with zero attached hydrogens (tertiary/aromatic N) is 4. The first kappa shape index (κ1) is 17.2. The highest BCUT2D eigenvalue weighted by Gasteiger charge is 2.39. The van der Waals surface area contributed by atoms with E-state index in [0.717, 1.165) is 17.5 Å². The zero-order valence-corrected chi connectivity index (χ0v) is 14.8. The molecule has 0 spiro atoms. The summed E-state index contributed by atoms with van der Waals surface area (Å²) < 4.78 is 1.76. The largest absolute Gasteiger partial charge is 0.248 e. The molecule has 5 heteroatoms. The Morgan fingerprint density at radius 1 is 1.16 bits per heavy atom. The quantitative estimate of drug-likeness (QED) is 0.653. The lowest BCUT2D eigenvalue weighted by atomic mass is 9.72. The minimum Gasteiger partial charge on any atom is -0.248 e. The number of aromatic nitrogens is 3. The number of hydrogen-bond donors (Lipinski definition) is 0. The van der Waals surface area contributed by atoms with E-state index in [1.165, 1.54) is 6.33 Å². The van der Waals surface area contributed by atoms with Gasteiger partial charge in [-0.2, -0.15) is 10.4 Å². The van der Waals surface area contributed by atoms with Crippen molar-refractivity contribution < 1.29 is 0 Å². The van der Waals surface area contributed by atoms with Crippen LogP contribution in [0, 0.1) is 11.3 Å². The van der Waals surface area contributed by atoms with Crippen LogP contribution in [-0.2, 0) is 11.8 Å². The van der Waals surface area contributed by atoms with Gasteiger partial charge in [0.2, 0.25) is 0 Å². The third-order valence-electron chi connectivity index (χ3n) is 4.76. The molecule has 0 saturated heterocycles. The van der Waals surface area contributed by atoms with Crippen LogP contribution in [0.3, 0.4) is 0 Å². The van der Waals surface area contributed by atoms with Gasteiger partial charge in [0.05, 0.1) is 12.1 Å². The van der Waals surface area contributed by atoms with E-state index in [-0.39, 0.29) is 6.04 Å². The summed E-state index contributed by atoms with van der Waals surface area (Å²) in [7, 11) is 0. The molecule has 2 aromatic carbocycles. The second kappa shape index (κ2) is 7.50. The maximum Gasteiger partial charge on any atom is 0.137 e. The molecule has 1 heterocycles. The van der Waals surface area contributed by atoms with E-state index in [9.17, 15) is 5.26 Å². The van der Waals surface area contributed by atoms with Gasteiger partial charge in [0.15, 0.2) is 0 Å². The lowest BCUT2D eigenvalue weighted by Gasteiger charge is -2.33. The van der Waals surface area contributed by atoms with E-state index in [4.69, 9.17) is 11.6 Å². The number of rotatable bonds is 6. The van der Waals surface area contributed by atoms with Gasteiger partial charge in [0, 0.05) is 5.02 Å². The maximum atomic E-state index is 10.2. The van der Waals surface area contributed by atoms with E-state index in [1.54, 1.807) is 11.0 Å². The first-order valence-electron chi connectivity index (χ1n) is 8.21. The molecule has 3 rings (SSSR count). The molecule has 2 unspecified atom stereocenters.